The summed E-state index contributed by atoms with van der Waals surface area (Å²) in [5.74, 6) is -0.981. The number of rotatable bonds is 5. The fourth-order valence-corrected chi connectivity index (χ4v) is 3.70. The van der Waals surface area contributed by atoms with Gasteiger partial charge in [-0.3, -0.25) is 4.79 Å². The molecule has 1 heterocycles. The van der Waals surface area contributed by atoms with E-state index in [0.29, 0.717) is 24.8 Å². The van der Waals surface area contributed by atoms with Crippen molar-refractivity contribution in [1.29, 1.82) is 0 Å². The second-order valence-electron chi connectivity index (χ2n) is 6.76. The van der Waals surface area contributed by atoms with Gasteiger partial charge in [-0.2, -0.15) is 0 Å². The lowest BCUT2D eigenvalue weighted by atomic mass is 10.0. The van der Waals surface area contributed by atoms with Crippen molar-refractivity contribution in [3.63, 3.8) is 0 Å². The van der Waals surface area contributed by atoms with Crippen LogP contribution in [0.15, 0.2) is 24.3 Å². The Kier molecular flexibility index (Phi) is 5.51. The monoisotopic (exact) mass is 331 g/mol. The minimum atomic E-state index is -0.984. The number of piperidine rings is 1. The van der Waals surface area contributed by atoms with E-state index < -0.39 is 5.97 Å². The first-order valence-electron chi connectivity index (χ1n) is 8.88. The van der Waals surface area contributed by atoms with Crippen LogP contribution in [-0.2, 0) is 16.0 Å². The summed E-state index contributed by atoms with van der Waals surface area (Å²) >= 11 is 0. The molecule has 1 saturated heterocycles. The fourth-order valence-electron chi connectivity index (χ4n) is 3.70. The molecule has 1 N–H and O–H groups in total. The second-order valence-corrected chi connectivity index (χ2v) is 6.76. The van der Waals surface area contributed by atoms with Gasteiger partial charge in [-0.05, 0) is 37.3 Å². The zero-order valence-electron chi connectivity index (χ0n) is 13.9. The molecule has 5 heteroatoms. The number of benzene rings is 1. The molecule has 3 rings (SSSR count). The SMILES string of the molecule is O=C(O)c1ccccc1CC(=O)N1CCC(OC2CCCC2)CC1. The van der Waals surface area contributed by atoms with E-state index in [1.807, 2.05) is 4.90 Å². The summed E-state index contributed by atoms with van der Waals surface area (Å²) in [5, 5.41) is 9.22. The predicted molar refractivity (Wildman–Crippen MR) is 90.0 cm³/mol. The Hall–Kier alpha value is -1.88. The Labute approximate surface area is 142 Å². The van der Waals surface area contributed by atoms with Crippen LogP contribution in [0.5, 0.6) is 0 Å². The number of carboxylic acids is 1. The number of ether oxygens (including phenoxy) is 1. The van der Waals surface area contributed by atoms with Gasteiger partial charge in [0.05, 0.1) is 24.2 Å². The quantitative estimate of drug-likeness (QED) is 0.901. The average Bonchev–Trinajstić information content (AvgIpc) is 3.09. The van der Waals surface area contributed by atoms with E-state index in [9.17, 15) is 14.7 Å². The lowest BCUT2D eigenvalue weighted by Crippen LogP contribution is -2.42. The molecular weight excluding hydrogens is 306 g/mol. The molecule has 0 bridgehead atoms. The highest BCUT2D eigenvalue weighted by atomic mass is 16.5. The smallest absolute Gasteiger partial charge is 0.335 e. The van der Waals surface area contributed by atoms with Crippen molar-refractivity contribution in [2.24, 2.45) is 0 Å². The number of carbonyl (C=O) groups excluding carboxylic acids is 1. The van der Waals surface area contributed by atoms with Gasteiger partial charge >= 0.3 is 5.97 Å². The van der Waals surface area contributed by atoms with Gasteiger partial charge < -0.3 is 14.7 Å². The van der Waals surface area contributed by atoms with Crippen molar-refractivity contribution >= 4 is 11.9 Å². The number of aromatic carboxylic acids is 1. The van der Waals surface area contributed by atoms with Gasteiger partial charge in [0.15, 0.2) is 0 Å². The van der Waals surface area contributed by atoms with Crippen molar-refractivity contribution in [3.8, 4) is 0 Å². The van der Waals surface area contributed by atoms with E-state index >= 15 is 0 Å². The Morgan fingerprint density at radius 3 is 2.33 bits per heavy atom. The van der Waals surface area contributed by atoms with Crippen LogP contribution in [0.25, 0.3) is 0 Å². The average molecular weight is 331 g/mol. The van der Waals surface area contributed by atoms with Gasteiger partial charge in [0.25, 0.3) is 0 Å². The summed E-state index contributed by atoms with van der Waals surface area (Å²) < 4.78 is 6.13. The number of hydrogen-bond acceptors (Lipinski definition) is 3. The van der Waals surface area contributed by atoms with E-state index in [-0.39, 0.29) is 24.0 Å². The van der Waals surface area contributed by atoms with Gasteiger partial charge in [0.1, 0.15) is 0 Å². The summed E-state index contributed by atoms with van der Waals surface area (Å²) in [5.41, 5.74) is 0.796. The Morgan fingerprint density at radius 2 is 1.67 bits per heavy atom. The molecule has 1 aliphatic carbocycles. The molecule has 24 heavy (non-hydrogen) atoms. The molecule has 130 valence electrons. The van der Waals surface area contributed by atoms with Gasteiger partial charge in [-0.15, -0.1) is 0 Å². The number of carboxylic acid groups (broad SMARTS) is 1. The maximum absolute atomic E-state index is 12.5. The predicted octanol–water partition coefficient (Wildman–Crippen LogP) is 2.88. The molecule has 0 atom stereocenters. The first-order chi connectivity index (χ1) is 11.6. The van der Waals surface area contributed by atoms with E-state index in [0.717, 1.165) is 12.8 Å². The molecule has 0 radical (unpaired) electrons. The first-order valence-corrected chi connectivity index (χ1v) is 8.88. The molecule has 1 aromatic carbocycles. The van der Waals surface area contributed by atoms with Crippen molar-refractivity contribution < 1.29 is 19.4 Å². The third-order valence-corrected chi connectivity index (χ3v) is 5.07. The van der Waals surface area contributed by atoms with Crippen LogP contribution in [0.2, 0.25) is 0 Å². The highest BCUT2D eigenvalue weighted by Crippen LogP contribution is 2.25. The van der Waals surface area contributed by atoms with Crippen molar-refractivity contribution in [3.05, 3.63) is 35.4 Å². The third-order valence-electron chi connectivity index (χ3n) is 5.07. The molecule has 2 fully saturated rings. The van der Waals surface area contributed by atoms with Gasteiger partial charge in [-0.1, -0.05) is 31.0 Å². The van der Waals surface area contributed by atoms with Gasteiger partial charge in [0.2, 0.25) is 5.91 Å². The van der Waals surface area contributed by atoms with Crippen LogP contribution in [-0.4, -0.2) is 47.2 Å². The summed E-state index contributed by atoms with van der Waals surface area (Å²) in [6, 6.07) is 6.73. The molecule has 0 unspecified atom stereocenters. The topological polar surface area (TPSA) is 66.8 Å². The number of amides is 1. The van der Waals surface area contributed by atoms with Crippen LogP contribution in [0.3, 0.4) is 0 Å². The number of hydrogen-bond donors (Lipinski definition) is 1. The summed E-state index contributed by atoms with van der Waals surface area (Å²) in [6.45, 7) is 1.40. The van der Waals surface area contributed by atoms with Crippen LogP contribution in [0, 0.1) is 0 Å². The highest BCUT2D eigenvalue weighted by Gasteiger charge is 2.27. The third kappa shape index (κ3) is 4.15. The molecule has 1 amide bonds. The van der Waals surface area contributed by atoms with E-state index in [1.54, 1.807) is 24.3 Å². The summed E-state index contributed by atoms with van der Waals surface area (Å²) in [7, 11) is 0. The molecule has 2 aliphatic rings. The fraction of sp³-hybridized carbons (Fsp3) is 0.579. The Balaban J connectivity index is 1.51. The number of carbonyl (C=O) groups is 2. The summed E-state index contributed by atoms with van der Waals surface area (Å²) in [6.07, 6.45) is 7.47. The molecular formula is C19H25NO4. The largest absolute Gasteiger partial charge is 0.478 e. The van der Waals surface area contributed by atoms with E-state index in [4.69, 9.17) is 4.74 Å². The number of nitrogens with zero attached hydrogens (tertiary/aromatic N) is 1. The normalized spacial score (nSPS) is 19.6. The minimum absolute atomic E-state index is 0.00279. The van der Waals surface area contributed by atoms with E-state index in [2.05, 4.69) is 0 Å². The molecule has 0 spiro atoms. The van der Waals surface area contributed by atoms with Gasteiger partial charge in [0, 0.05) is 13.1 Å². The van der Waals surface area contributed by atoms with Crippen molar-refractivity contribution in [1.82, 2.24) is 4.90 Å². The summed E-state index contributed by atoms with van der Waals surface area (Å²) in [4.78, 5) is 25.6. The zero-order valence-corrected chi connectivity index (χ0v) is 13.9. The minimum Gasteiger partial charge on any atom is -0.478 e. The second kappa shape index (κ2) is 7.79. The van der Waals surface area contributed by atoms with Gasteiger partial charge in [-0.25, -0.2) is 4.79 Å². The van der Waals surface area contributed by atoms with Crippen LogP contribution in [0.1, 0.15) is 54.4 Å². The highest BCUT2D eigenvalue weighted by molar-refractivity contribution is 5.91. The lowest BCUT2D eigenvalue weighted by Gasteiger charge is -2.33. The number of likely N-dealkylation sites (tertiary alicyclic amines) is 1. The molecule has 1 saturated carbocycles. The molecule has 1 aromatic rings. The maximum atomic E-state index is 12.5. The van der Waals surface area contributed by atoms with Crippen LogP contribution >= 0.6 is 0 Å². The lowest BCUT2D eigenvalue weighted by molar-refractivity contribution is -0.133. The van der Waals surface area contributed by atoms with Crippen LogP contribution in [0.4, 0.5) is 0 Å². The Bertz CT molecular complexity index is 587. The van der Waals surface area contributed by atoms with E-state index in [1.165, 1.54) is 25.7 Å². The molecule has 5 nitrogen and oxygen atoms in total. The maximum Gasteiger partial charge on any atom is 0.335 e. The van der Waals surface area contributed by atoms with Crippen LogP contribution < -0.4 is 0 Å². The van der Waals surface area contributed by atoms with Crippen molar-refractivity contribution in [2.45, 2.75) is 57.2 Å². The standard InChI is InChI=1S/C19H25NO4/c21-18(13-14-5-1-4-8-17(14)19(22)23)20-11-9-16(10-12-20)24-15-6-2-3-7-15/h1,4-5,8,15-16H,2-3,6-7,9-13H2,(H,22,23). The molecule has 1 aliphatic heterocycles. The first kappa shape index (κ1) is 17.0. The zero-order chi connectivity index (χ0) is 16.9. The Morgan fingerprint density at radius 1 is 1.04 bits per heavy atom. The molecule has 0 aromatic heterocycles. The van der Waals surface area contributed by atoms with Crippen molar-refractivity contribution in [2.75, 3.05) is 13.1 Å².